The Kier molecular flexibility index (Phi) is 4.82. The van der Waals surface area contributed by atoms with Gasteiger partial charge in [-0.1, -0.05) is 29.8 Å². The van der Waals surface area contributed by atoms with Crippen LogP contribution >= 0.6 is 0 Å². The molecule has 4 heteroatoms. The summed E-state index contributed by atoms with van der Waals surface area (Å²) in [4.78, 5) is 20.0. The van der Waals surface area contributed by atoms with Crippen LogP contribution in [0.15, 0.2) is 36.7 Å². The van der Waals surface area contributed by atoms with Crippen LogP contribution < -0.4 is 4.74 Å². The first-order valence-corrected chi connectivity index (χ1v) is 6.59. The number of carbonyl (C=O) groups excluding carboxylic acids is 1. The van der Waals surface area contributed by atoms with Gasteiger partial charge in [-0.25, -0.2) is 9.97 Å². The first-order chi connectivity index (χ1) is 9.67. The fourth-order valence-electron chi connectivity index (χ4n) is 1.91. The summed E-state index contributed by atoms with van der Waals surface area (Å²) in [6.07, 6.45) is 3.03. The minimum absolute atomic E-state index is 0.173. The van der Waals surface area contributed by atoms with E-state index in [9.17, 15) is 4.79 Å². The van der Waals surface area contributed by atoms with Crippen molar-refractivity contribution in [2.45, 2.75) is 26.2 Å². The molecular formula is C16H18N2O2. The smallest absolute Gasteiger partial charge is 0.216 e. The second kappa shape index (κ2) is 6.80. The number of aryl methyl sites for hydroxylation is 2. The average Bonchev–Trinajstić information content (AvgIpc) is 2.47. The van der Waals surface area contributed by atoms with Crippen LogP contribution in [0.25, 0.3) is 0 Å². The van der Waals surface area contributed by atoms with E-state index in [-0.39, 0.29) is 5.78 Å². The molecule has 0 fully saturated rings. The van der Waals surface area contributed by atoms with E-state index in [0.29, 0.717) is 24.4 Å². The number of aromatic nitrogens is 2. The van der Waals surface area contributed by atoms with Crippen molar-refractivity contribution in [2.75, 3.05) is 7.11 Å². The molecule has 4 nitrogen and oxygen atoms in total. The minimum atomic E-state index is 0.173. The van der Waals surface area contributed by atoms with Crippen molar-refractivity contribution in [1.29, 1.82) is 0 Å². The van der Waals surface area contributed by atoms with E-state index in [1.54, 1.807) is 13.2 Å². The number of Topliss-reactive ketones (excluding diaryl/α,β-unsaturated/α-hetero) is 1. The van der Waals surface area contributed by atoms with Crippen molar-refractivity contribution >= 4 is 5.78 Å². The molecule has 0 amide bonds. The van der Waals surface area contributed by atoms with Gasteiger partial charge in [0.1, 0.15) is 12.1 Å². The van der Waals surface area contributed by atoms with Gasteiger partial charge in [-0.2, -0.15) is 0 Å². The molecule has 1 aromatic heterocycles. The third-order valence-electron chi connectivity index (χ3n) is 3.10. The van der Waals surface area contributed by atoms with Gasteiger partial charge in [-0.05, 0) is 18.9 Å². The Morgan fingerprint density at radius 1 is 1.20 bits per heavy atom. The van der Waals surface area contributed by atoms with Crippen LogP contribution in [0.5, 0.6) is 5.88 Å². The molecule has 0 saturated carbocycles. The Bertz CT molecular complexity index is 579. The molecule has 0 unspecified atom stereocenters. The molecule has 20 heavy (non-hydrogen) atoms. The van der Waals surface area contributed by atoms with E-state index in [0.717, 1.165) is 6.42 Å². The summed E-state index contributed by atoms with van der Waals surface area (Å²) >= 11 is 0. The van der Waals surface area contributed by atoms with Gasteiger partial charge in [0.15, 0.2) is 0 Å². The highest BCUT2D eigenvalue weighted by Crippen LogP contribution is 2.10. The second-order valence-electron chi connectivity index (χ2n) is 4.75. The number of hydrogen-bond donors (Lipinski definition) is 0. The standard InChI is InChI=1S/C16H18N2O2/c1-12-3-5-13(6-4-12)7-8-15(19)9-14-10-16(20-2)18-11-17-14/h3-6,10-11H,7-9H2,1-2H3. The van der Waals surface area contributed by atoms with Crippen LogP contribution in [0.3, 0.4) is 0 Å². The zero-order valence-corrected chi connectivity index (χ0v) is 11.8. The molecule has 0 N–H and O–H groups in total. The quantitative estimate of drug-likeness (QED) is 0.809. The molecule has 0 aliphatic heterocycles. The first-order valence-electron chi connectivity index (χ1n) is 6.59. The average molecular weight is 270 g/mol. The lowest BCUT2D eigenvalue weighted by Gasteiger charge is -2.03. The van der Waals surface area contributed by atoms with E-state index < -0.39 is 0 Å². The van der Waals surface area contributed by atoms with Crippen molar-refractivity contribution < 1.29 is 9.53 Å². The van der Waals surface area contributed by atoms with Crippen LogP contribution in [0.4, 0.5) is 0 Å². The Morgan fingerprint density at radius 2 is 1.95 bits per heavy atom. The first kappa shape index (κ1) is 14.2. The number of benzene rings is 1. The summed E-state index contributed by atoms with van der Waals surface area (Å²) in [7, 11) is 1.55. The maximum atomic E-state index is 12.0. The van der Waals surface area contributed by atoms with Crippen LogP contribution in [0, 0.1) is 6.92 Å². The SMILES string of the molecule is COc1cc(CC(=O)CCc2ccc(C)cc2)ncn1. The number of hydrogen-bond acceptors (Lipinski definition) is 4. The largest absolute Gasteiger partial charge is 0.481 e. The molecule has 2 aromatic rings. The highest BCUT2D eigenvalue weighted by atomic mass is 16.5. The Balaban J connectivity index is 1.87. The third-order valence-corrected chi connectivity index (χ3v) is 3.10. The molecule has 0 aliphatic carbocycles. The van der Waals surface area contributed by atoms with Crippen molar-refractivity contribution in [3.63, 3.8) is 0 Å². The molecule has 1 heterocycles. The van der Waals surface area contributed by atoms with E-state index in [4.69, 9.17) is 4.74 Å². The van der Waals surface area contributed by atoms with Gasteiger partial charge in [0.2, 0.25) is 5.88 Å². The van der Waals surface area contributed by atoms with Gasteiger partial charge >= 0.3 is 0 Å². The monoisotopic (exact) mass is 270 g/mol. The highest BCUT2D eigenvalue weighted by molar-refractivity contribution is 5.80. The lowest BCUT2D eigenvalue weighted by molar-refractivity contribution is -0.118. The van der Waals surface area contributed by atoms with E-state index in [1.807, 2.05) is 0 Å². The van der Waals surface area contributed by atoms with Crippen molar-refractivity contribution in [3.8, 4) is 5.88 Å². The van der Waals surface area contributed by atoms with Crippen LogP contribution in [0.1, 0.15) is 23.2 Å². The van der Waals surface area contributed by atoms with Crippen molar-refractivity contribution in [3.05, 3.63) is 53.5 Å². The number of ether oxygens (including phenoxy) is 1. The summed E-state index contributed by atoms with van der Waals surface area (Å²) in [5.41, 5.74) is 3.11. The van der Waals surface area contributed by atoms with Crippen molar-refractivity contribution in [1.82, 2.24) is 9.97 Å². The lowest BCUT2D eigenvalue weighted by Crippen LogP contribution is -2.06. The normalized spacial score (nSPS) is 10.3. The molecule has 0 aliphatic rings. The molecule has 0 saturated heterocycles. The number of nitrogens with zero attached hydrogens (tertiary/aromatic N) is 2. The maximum absolute atomic E-state index is 12.0. The van der Waals surface area contributed by atoms with Crippen LogP contribution in [0.2, 0.25) is 0 Å². The Hall–Kier alpha value is -2.23. The van der Waals surface area contributed by atoms with Crippen LogP contribution in [-0.4, -0.2) is 22.9 Å². The Labute approximate surface area is 118 Å². The highest BCUT2D eigenvalue weighted by Gasteiger charge is 2.07. The summed E-state index contributed by atoms with van der Waals surface area (Å²) in [5.74, 6) is 0.660. The number of methoxy groups -OCH3 is 1. The van der Waals surface area contributed by atoms with Gasteiger partial charge in [0, 0.05) is 18.9 Å². The molecule has 0 bridgehead atoms. The van der Waals surface area contributed by atoms with Gasteiger partial charge < -0.3 is 4.74 Å². The number of carbonyl (C=O) groups is 1. The summed E-state index contributed by atoms with van der Waals surface area (Å²) in [6, 6.07) is 9.96. The number of ketones is 1. The molecule has 0 radical (unpaired) electrons. The fraction of sp³-hybridized carbons (Fsp3) is 0.312. The zero-order valence-electron chi connectivity index (χ0n) is 11.8. The molecule has 2 rings (SSSR count). The number of rotatable bonds is 6. The molecule has 1 aromatic carbocycles. The van der Waals surface area contributed by atoms with E-state index in [2.05, 4.69) is 41.2 Å². The topological polar surface area (TPSA) is 52.1 Å². The summed E-state index contributed by atoms with van der Waals surface area (Å²) < 4.78 is 5.01. The van der Waals surface area contributed by atoms with Gasteiger partial charge in [-0.3, -0.25) is 4.79 Å². The van der Waals surface area contributed by atoms with E-state index in [1.165, 1.54) is 17.5 Å². The molecular weight excluding hydrogens is 252 g/mol. The molecule has 104 valence electrons. The fourth-order valence-corrected chi connectivity index (χ4v) is 1.91. The van der Waals surface area contributed by atoms with Gasteiger partial charge in [-0.15, -0.1) is 0 Å². The predicted molar refractivity (Wildman–Crippen MR) is 76.8 cm³/mol. The third kappa shape index (κ3) is 4.16. The zero-order chi connectivity index (χ0) is 14.4. The lowest BCUT2D eigenvalue weighted by atomic mass is 10.0. The van der Waals surface area contributed by atoms with Crippen LogP contribution in [-0.2, 0) is 17.6 Å². The van der Waals surface area contributed by atoms with Gasteiger partial charge in [0.25, 0.3) is 0 Å². The predicted octanol–water partition coefficient (Wildman–Crippen LogP) is 2.54. The molecule has 0 atom stereocenters. The minimum Gasteiger partial charge on any atom is -0.481 e. The summed E-state index contributed by atoms with van der Waals surface area (Å²) in [6.45, 7) is 2.05. The van der Waals surface area contributed by atoms with Gasteiger partial charge in [0.05, 0.1) is 12.8 Å². The van der Waals surface area contributed by atoms with Crippen molar-refractivity contribution in [2.24, 2.45) is 0 Å². The van der Waals surface area contributed by atoms with E-state index >= 15 is 0 Å². The summed E-state index contributed by atoms with van der Waals surface area (Å²) in [5, 5.41) is 0. The molecule has 0 spiro atoms. The Morgan fingerprint density at radius 3 is 2.65 bits per heavy atom. The maximum Gasteiger partial charge on any atom is 0.216 e. The second-order valence-corrected chi connectivity index (χ2v) is 4.75.